The van der Waals surface area contributed by atoms with Gasteiger partial charge < -0.3 is 19.3 Å². The first kappa shape index (κ1) is 12.2. The average Bonchev–Trinajstić information content (AvgIpc) is 2.29. The Kier molecular flexibility index (Phi) is 3.86. The molecule has 0 aliphatic carbocycles. The number of fused-ring (bicyclic) bond motifs is 1. The third kappa shape index (κ3) is 2.90. The summed E-state index contributed by atoms with van der Waals surface area (Å²) in [6, 6.07) is 3.88. The minimum absolute atomic E-state index is 0.381. The van der Waals surface area contributed by atoms with Crippen LogP contribution in [0.1, 0.15) is 18.1 Å². The molecule has 4 heteroatoms. The van der Waals surface area contributed by atoms with E-state index in [9.17, 15) is 5.11 Å². The molecular weight excluding hydrogens is 220 g/mol. The van der Waals surface area contributed by atoms with Crippen molar-refractivity contribution in [2.75, 3.05) is 20.3 Å². The molecule has 0 radical (unpaired) electrons. The van der Waals surface area contributed by atoms with Crippen LogP contribution < -0.4 is 9.47 Å². The number of rotatable bonds is 4. The zero-order chi connectivity index (χ0) is 12.3. The van der Waals surface area contributed by atoms with E-state index in [1.165, 1.54) is 0 Å². The highest BCUT2D eigenvalue weighted by Gasteiger charge is 2.16. The van der Waals surface area contributed by atoms with Crippen molar-refractivity contribution < 1.29 is 19.3 Å². The third-order valence-corrected chi connectivity index (χ3v) is 2.68. The number of aliphatic hydroxyl groups excluding tert-OH is 1. The zero-order valence-electron chi connectivity index (χ0n) is 10.2. The highest BCUT2D eigenvalue weighted by molar-refractivity contribution is 5.48. The van der Waals surface area contributed by atoms with Gasteiger partial charge in [0.25, 0.3) is 0 Å². The van der Waals surface area contributed by atoms with Gasteiger partial charge in [0.2, 0.25) is 0 Å². The van der Waals surface area contributed by atoms with Crippen molar-refractivity contribution in [3.05, 3.63) is 23.3 Å². The summed E-state index contributed by atoms with van der Waals surface area (Å²) < 4.78 is 16.2. The van der Waals surface area contributed by atoms with Crippen molar-refractivity contribution in [1.29, 1.82) is 0 Å². The Morgan fingerprint density at radius 3 is 2.35 bits per heavy atom. The molecule has 0 fully saturated rings. The topological polar surface area (TPSA) is 47.9 Å². The molecule has 0 aromatic heterocycles. The molecule has 2 rings (SSSR count). The SMILES string of the molecule is COCc1cc2c(cc1CC(C)O)OCCO2. The van der Waals surface area contributed by atoms with Gasteiger partial charge in [-0.05, 0) is 36.6 Å². The van der Waals surface area contributed by atoms with Gasteiger partial charge in [0.15, 0.2) is 11.5 Å². The minimum Gasteiger partial charge on any atom is -0.486 e. The van der Waals surface area contributed by atoms with Crippen LogP contribution in [-0.2, 0) is 17.8 Å². The van der Waals surface area contributed by atoms with Gasteiger partial charge in [-0.2, -0.15) is 0 Å². The van der Waals surface area contributed by atoms with Gasteiger partial charge >= 0.3 is 0 Å². The second-order valence-electron chi connectivity index (χ2n) is 4.25. The van der Waals surface area contributed by atoms with Crippen molar-refractivity contribution in [1.82, 2.24) is 0 Å². The van der Waals surface area contributed by atoms with Crippen LogP contribution in [0.5, 0.6) is 11.5 Å². The second kappa shape index (κ2) is 5.38. The number of hydrogen-bond donors (Lipinski definition) is 1. The molecule has 0 amide bonds. The molecule has 94 valence electrons. The molecular formula is C13H18O4. The largest absolute Gasteiger partial charge is 0.486 e. The lowest BCUT2D eigenvalue weighted by molar-refractivity contribution is 0.164. The summed E-state index contributed by atoms with van der Waals surface area (Å²) in [6.07, 6.45) is 0.211. The van der Waals surface area contributed by atoms with E-state index >= 15 is 0 Å². The lowest BCUT2D eigenvalue weighted by atomic mass is 10.0. The van der Waals surface area contributed by atoms with E-state index in [-0.39, 0.29) is 6.10 Å². The third-order valence-electron chi connectivity index (χ3n) is 2.68. The molecule has 17 heavy (non-hydrogen) atoms. The molecule has 1 unspecified atom stereocenters. The molecule has 0 saturated carbocycles. The van der Waals surface area contributed by atoms with E-state index < -0.39 is 0 Å². The number of benzene rings is 1. The summed E-state index contributed by atoms with van der Waals surface area (Å²) in [7, 11) is 1.66. The lowest BCUT2D eigenvalue weighted by Crippen LogP contribution is -2.17. The smallest absolute Gasteiger partial charge is 0.161 e. The summed E-state index contributed by atoms with van der Waals surface area (Å²) in [6.45, 7) is 3.44. The van der Waals surface area contributed by atoms with Crippen LogP contribution in [0.2, 0.25) is 0 Å². The normalized spacial score (nSPS) is 15.7. The Morgan fingerprint density at radius 2 is 1.82 bits per heavy atom. The summed E-state index contributed by atoms with van der Waals surface area (Å²) >= 11 is 0. The van der Waals surface area contributed by atoms with Gasteiger partial charge in [0, 0.05) is 7.11 Å². The summed E-state index contributed by atoms with van der Waals surface area (Å²) in [5, 5.41) is 9.49. The van der Waals surface area contributed by atoms with Gasteiger partial charge in [0.1, 0.15) is 13.2 Å². The molecule has 1 aliphatic rings. The quantitative estimate of drug-likeness (QED) is 0.864. The zero-order valence-corrected chi connectivity index (χ0v) is 10.2. The fraction of sp³-hybridized carbons (Fsp3) is 0.538. The Bertz CT molecular complexity index is 387. The molecule has 1 aromatic carbocycles. The van der Waals surface area contributed by atoms with E-state index in [4.69, 9.17) is 14.2 Å². The van der Waals surface area contributed by atoms with Crippen molar-refractivity contribution in [2.45, 2.75) is 26.1 Å². The fourth-order valence-corrected chi connectivity index (χ4v) is 1.97. The molecule has 4 nitrogen and oxygen atoms in total. The maximum absolute atomic E-state index is 9.49. The fourth-order valence-electron chi connectivity index (χ4n) is 1.97. The number of methoxy groups -OCH3 is 1. The van der Waals surface area contributed by atoms with E-state index in [0.717, 1.165) is 22.6 Å². The average molecular weight is 238 g/mol. The minimum atomic E-state index is -0.381. The number of ether oxygens (including phenoxy) is 3. The molecule has 1 aromatic rings. The first-order chi connectivity index (χ1) is 8.20. The Balaban J connectivity index is 2.33. The second-order valence-corrected chi connectivity index (χ2v) is 4.25. The van der Waals surface area contributed by atoms with Gasteiger partial charge in [0.05, 0.1) is 12.7 Å². The standard InChI is InChI=1S/C13H18O4/c1-9(14)5-10-6-12-13(17-4-3-16-12)7-11(10)8-15-2/h6-7,9,14H,3-5,8H2,1-2H3. The van der Waals surface area contributed by atoms with E-state index in [1.807, 2.05) is 12.1 Å². The molecule has 0 bridgehead atoms. The molecule has 1 heterocycles. The van der Waals surface area contributed by atoms with Gasteiger partial charge in [-0.1, -0.05) is 0 Å². The molecule has 1 atom stereocenters. The van der Waals surface area contributed by atoms with Crippen molar-refractivity contribution in [3.8, 4) is 11.5 Å². The predicted molar refractivity (Wildman–Crippen MR) is 63.5 cm³/mol. The van der Waals surface area contributed by atoms with Crippen molar-refractivity contribution in [2.24, 2.45) is 0 Å². The maximum atomic E-state index is 9.49. The summed E-state index contributed by atoms with van der Waals surface area (Å²) in [5.41, 5.74) is 2.09. The monoisotopic (exact) mass is 238 g/mol. The van der Waals surface area contributed by atoms with Gasteiger partial charge in [-0.25, -0.2) is 0 Å². The molecule has 0 spiro atoms. The van der Waals surface area contributed by atoms with E-state index in [0.29, 0.717) is 26.2 Å². The molecule has 1 N–H and O–H groups in total. The Hall–Kier alpha value is -1.26. The van der Waals surface area contributed by atoms with Crippen LogP contribution in [0.25, 0.3) is 0 Å². The van der Waals surface area contributed by atoms with Gasteiger partial charge in [-0.15, -0.1) is 0 Å². The van der Waals surface area contributed by atoms with Crippen LogP contribution in [-0.4, -0.2) is 31.5 Å². The number of hydrogen-bond acceptors (Lipinski definition) is 4. The van der Waals surface area contributed by atoms with Crippen molar-refractivity contribution >= 4 is 0 Å². The summed E-state index contributed by atoms with van der Waals surface area (Å²) in [4.78, 5) is 0. The maximum Gasteiger partial charge on any atom is 0.161 e. The van der Waals surface area contributed by atoms with Crippen LogP contribution >= 0.6 is 0 Å². The van der Waals surface area contributed by atoms with E-state index in [1.54, 1.807) is 14.0 Å². The Morgan fingerprint density at radius 1 is 1.24 bits per heavy atom. The van der Waals surface area contributed by atoms with Crippen LogP contribution in [0.4, 0.5) is 0 Å². The van der Waals surface area contributed by atoms with Crippen molar-refractivity contribution in [3.63, 3.8) is 0 Å². The van der Waals surface area contributed by atoms with Crippen LogP contribution in [0.3, 0.4) is 0 Å². The number of aliphatic hydroxyl groups is 1. The molecule has 1 aliphatic heterocycles. The Labute approximate surface area is 101 Å². The predicted octanol–water partition coefficient (Wildman–Crippen LogP) is 1.53. The van der Waals surface area contributed by atoms with Gasteiger partial charge in [-0.3, -0.25) is 0 Å². The van der Waals surface area contributed by atoms with E-state index in [2.05, 4.69) is 0 Å². The van der Waals surface area contributed by atoms with Crippen LogP contribution in [0, 0.1) is 0 Å². The lowest BCUT2D eigenvalue weighted by Gasteiger charge is -2.21. The highest BCUT2D eigenvalue weighted by atomic mass is 16.6. The molecule has 0 saturated heterocycles. The summed E-state index contributed by atoms with van der Waals surface area (Å²) in [5.74, 6) is 1.52. The first-order valence-electron chi connectivity index (χ1n) is 5.79. The highest BCUT2D eigenvalue weighted by Crippen LogP contribution is 2.34. The first-order valence-corrected chi connectivity index (χ1v) is 5.79. The van der Waals surface area contributed by atoms with Crippen LogP contribution in [0.15, 0.2) is 12.1 Å².